The van der Waals surface area contributed by atoms with Crippen LogP contribution in [0.5, 0.6) is 5.75 Å². The standard InChI is InChI=1S/C24H36N4O8S/c1-13(2)10-18(27-21(32)16(25)11-14-4-6-15(29)7-5-14)23(34)26-17(8-9-37-3)22(33)28-19(24(35)36)12-20(30)31/h4-7,13,16-19,29H,8-12,25H2,1-3H3,(H,26,34)(H,27,32)(H,28,33)(H,30,31)(H,35,36). The van der Waals surface area contributed by atoms with Crippen LogP contribution in [0.3, 0.4) is 0 Å². The molecular formula is C24H36N4O8S. The third-order valence-corrected chi connectivity index (χ3v) is 5.95. The van der Waals surface area contributed by atoms with E-state index in [1.807, 2.05) is 13.8 Å². The summed E-state index contributed by atoms with van der Waals surface area (Å²) in [5.41, 5.74) is 6.74. The molecule has 0 saturated carbocycles. The molecule has 4 unspecified atom stereocenters. The fraction of sp³-hybridized carbons (Fsp3) is 0.542. The largest absolute Gasteiger partial charge is 0.508 e. The number of benzene rings is 1. The fourth-order valence-corrected chi connectivity index (χ4v) is 3.86. The van der Waals surface area contributed by atoms with Gasteiger partial charge in [-0.05, 0) is 54.9 Å². The van der Waals surface area contributed by atoms with Crippen molar-refractivity contribution >= 4 is 41.4 Å². The lowest BCUT2D eigenvalue weighted by atomic mass is 10.0. The second-order valence-corrected chi connectivity index (χ2v) is 9.99. The van der Waals surface area contributed by atoms with E-state index in [2.05, 4.69) is 16.0 Å². The Bertz CT molecular complexity index is 941. The van der Waals surface area contributed by atoms with Crippen LogP contribution in [-0.2, 0) is 30.4 Å². The van der Waals surface area contributed by atoms with Gasteiger partial charge in [-0.15, -0.1) is 0 Å². The molecule has 0 aliphatic heterocycles. The van der Waals surface area contributed by atoms with Crippen molar-refractivity contribution in [2.24, 2.45) is 11.7 Å². The SMILES string of the molecule is CSCCC(NC(=O)C(CC(C)C)NC(=O)C(N)Cc1ccc(O)cc1)C(=O)NC(CC(=O)O)C(=O)O. The van der Waals surface area contributed by atoms with E-state index in [0.717, 1.165) is 0 Å². The highest BCUT2D eigenvalue weighted by Crippen LogP contribution is 2.12. The number of carboxylic acids is 2. The van der Waals surface area contributed by atoms with Crippen molar-refractivity contribution in [1.82, 2.24) is 16.0 Å². The van der Waals surface area contributed by atoms with Crippen LogP contribution in [0.25, 0.3) is 0 Å². The van der Waals surface area contributed by atoms with Crippen LogP contribution in [0.2, 0.25) is 0 Å². The van der Waals surface area contributed by atoms with Crippen molar-refractivity contribution in [3.63, 3.8) is 0 Å². The van der Waals surface area contributed by atoms with Crippen molar-refractivity contribution in [3.8, 4) is 5.75 Å². The Morgan fingerprint density at radius 3 is 1.95 bits per heavy atom. The van der Waals surface area contributed by atoms with Crippen LogP contribution >= 0.6 is 11.8 Å². The number of rotatable bonds is 16. The van der Waals surface area contributed by atoms with Gasteiger partial charge in [0.15, 0.2) is 0 Å². The summed E-state index contributed by atoms with van der Waals surface area (Å²) in [7, 11) is 0. The second-order valence-electron chi connectivity index (χ2n) is 9.01. The van der Waals surface area contributed by atoms with Crippen molar-refractivity contribution in [3.05, 3.63) is 29.8 Å². The van der Waals surface area contributed by atoms with Crippen molar-refractivity contribution in [2.45, 2.75) is 63.7 Å². The van der Waals surface area contributed by atoms with Crippen LogP contribution in [0.1, 0.15) is 38.7 Å². The number of phenols is 1. The lowest BCUT2D eigenvalue weighted by molar-refractivity contribution is -0.147. The number of carbonyl (C=O) groups excluding carboxylic acids is 3. The molecule has 0 aromatic heterocycles. The highest BCUT2D eigenvalue weighted by Gasteiger charge is 2.31. The molecule has 0 heterocycles. The van der Waals surface area contributed by atoms with Crippen molar-refractivity contribution in [2.75, 3.05) is 12.0 Å². The number of carboxylic acid groups (broad SMARTS) is 2. The molecule has 0 spiro atoms. The number of nitrogens with two attached hydrogens (primary N) is 1. The summed E-state index contributed by atoms with van der Waals surface area (Å²) in [6.07, 6.45) is 1.53. The smallest absolute Gasteiger partial charge is 0.326 e. The zero-order valence-corrected chi connectivity index (χ0v) is 21.9. The van der Waals surface area contributed by atoms with Gasteiger partial charge in [-0.1, -0.05) is 26.0 Å². The van der Waals surface area contributed by atoms with Gasteiger partial charge in [0.1, 0.15) is 23.9 Å². The average molecular weight is 541 g/mol. The molecule has 13 heteroatoms. The molecule has 0 radical (unpaired) electrons. The van der Waals surface area contributed by atoms with E-state index < -0.39 is 60.2 Å². The quantitative estimate of drug-likeness (QED) is 0.150. The summed E-state index contributed by atoms with van der Waals surface area (Å²) >= 11 is 1.40. The monoisotopic (exact) mass is 540 g/mol. The zero-order valence-electron chi connectivity index (χ0n) is 21.1. The van der Waals surface area contributed by atoms with Gasteiger partial charge in [-0.25, -0.2) is 4.79 Å². The van der Waals surface area contributed by atoms with Crippen LogP contribution in [0.15, 0.2) is 24.3 Å². The first-order chi connectivity index (χ1) is 17.3. The number of aliphatic carboxylic acids is 2. The molecule has 0 fully saturated rings. The number of hydrogen-bond acceptors (Lipinski definition) is 8. The number of amides is 3. The molecule has 206 valence electrons. The maximum atomic E-state index is 13.1. The predicted molar refractivity (Wildman–Crippen MR) is 138 cm³/mol. The molecule has 1 aromatic carbocycles. The van der Waals surface area contributed by atoms with Gasteiger partial charge in [-0.2, -0.15) is 11.8 Å². The Morgan fingerprint density at radius 1 is 0.892 bits per heavy atom. The minimum absolute atomic E-state index is 0.00481. The summed E-state index contributed by atoms with van der Waals surface area (Å²) in [5, 5.41) is 34.9. The van der Waals surface area contributed by atoms with Gasteiger partial charge < -0.3 is 37.0 Å². The van der Waals surface area contributed by atoms with Crippen LogP contribution < -0.4 is 21.7 Å². The maximum absolute atomic E-state index is 13.1. The summed E-state index contributed by atoms with van der Waals surface area (Å²) < 4.78 is 0. The number of carbonyl (C=O) groups is 5. The molecule has 0 saturated heterocycles. The minimum Gasteiger partial charge on any atom is -0.508 e. The van der Waals surface area contributed by atoms with Gasteiger partial charge in [0.25, 0.3) is 0 Å². The first kappa shape index (κ1) is 31.7. The van der Waals surface area contributed by atoms with E-state index >= 15 is 0 Å². The van der Waals surface area contributed by atoms with Crippen molar-refractivity contribution < 1.29 is 39.3 Å². The molecule has 37 heavy (non-hydrogen) atoms. The fourth-order valence-electron chi connectivity index (χ4n) is 3.38. The summed E-state index contributed by atoms with van der Waals surface area (Å²) in [6, 6.07) is 1.40. The molecule has 12 nitrogen and oxygen atoms in total. The number of nitrogens with one attached hydrogen (secondary N) is 3. The van der Waals surface area contributed by atoms with E-state index in [1.54, 1.807) is 18.4 Å². The Balaban J connectivity index is 2.95. The molecular weight excluding hydrogens is 504 g/mol. The molecule has 4 atom stereocenters. The zero-order chi connectivity index (χ0) is 28.1. The number of aromatic hydroxyl groups is 1. The van der Waals surface area contributed by atoms with Gasteiger partial charge in [0.05, 0.1) is 12.5 Å². The molecule has 0 bridgehead atoms. The Hall–Kier alpha value is -3.32. The minimum atomic E-state index is -1.66. The number of hydrogen-bond donors (Lipinski definition) is 7. The summed E-state index contributed by atoms with van der Waals surface area (Å²) in [5.74, 6) is -4.46. The van der Waals surface area contributed by atoms with Crippen LogP contribution in [0, 0.1) is 5.92 Å². The van der Waals surface area contributed by atoms with E-state index in [0.29, 0.717) is 11.3 Å². The summed E-state index contributed by atoms with van der Waals surface area (Å²) in [6.45, 7) is 3.70. The first-order valence-corrected chi connectivity index (χ1v) is 13.1. The Kier molecular flexibility index (Phi) is 13.5. The highest BCUT2D eigenvalue weighted by atomic mass is 32.2. The van der Waals surface area contributed by atoms with E-state index in [1.165, 1.54) is 23.9 Å². The Labute approximate surface area is 219 Å². The topological polar surface area (TPSA) is 208 Å². The summed E-state index contributed by atoms with van der Waals surface area (Å²) in [4.78, 5) is 60.9. The van der Waals surface area contributed by atoms with E-state index in [9.17, 15) is 34.2 Å². The van der Waals surface area contributed by atoms with Gasteiger partial charge in [0.2, 0.25) is 17.7 Å². The van der Waals surface area contributed by atoms with Gasteiger partial charge in [0, 0.05) is 0 Å². The molecule has 1 rings (SSSR count). The third kappa shape index (κ3) is 12.0. The second kappa shape index (κ2) is 15.7. The molecule has 0 aliphatic carbocycles. The highest BCUT2D eigenvalue weighted by molar-refractivity contribution is 7.98. The lowest BCUT2D eigenvalue weighted by Gasteiger charge is -2.26. The van der Waals surface area contributed by atoms with Crippen LogP contribution in [0.4, 0.5) is 0 Å². The van der Waals surface area contributed by atoms with Gasteiger partial charge in [-0.3, -0.25) is 19.2 Å². The van der Waals surface area contributed by atoms with Gasteiger partial charge >= 0.3 is 11.9 Å². The van der Waals surface area contributed by atoms with E-state index in [4.69, 9.17) is 10.8 Å². The number of phenolic OH excluding ortho intramolecular Hbond substituents is 1. The average Bonchev–Trinajstić information content (AvgIpc) is 2.81. The van der Waals surface area contributed by atoms with E-state index in [-0.39, 0.29) is 30.9 Å². The predicted octanol–water partition coefficient (Wildman–Crippen LogP) is 0.0749. The van der Waals surface area contributed by atoms with Crippen LogP contribution in [-0.4, -0.2) is 81.2 Å². The normalized spacial score (nSPS) is 14.2. The first-order valence-electron chi connectivity index (χ1n) is 11.7. The third-order valence-electron chi connectivity index (χ3n) is 5.31. The van der Waals surface area contributed by atoms with Crippen molar-refractivity contribution in [1.29, 1.82) is 0 Å². The Morgan fingerprint density at radius 2 is 1.43 bits per heavy atom. The number of thioether (sulfide) groups is 1. The lowest BCUT2D eigenvalue weighted by Crippen LogP contribution is -2.57. The molecule has 0 aliphatic rings. The molecule has 1 aromatic rings. The maximum Gasteiger partial charge on any atom is 0.326 e. The molecule has 8 N–H and O–H groups in total. The molecule has 3 amide bonds.